The number of amides is 1. The van der Waals surface area contributed by atoms with Crippen LogP contribution in [0.1, 0.15) is 34.8 Å². The summed E-state index contributed by atoms with van der Waals surface area (Å²) in [4.78, 5) is 24.2. The summed E-state index contributed by atoms with van der Waals surface area (Å²) in [5.41, 5.74) is 1.71. The molecule has 2 N–H and O–H groups in total. The van der Waals surface area contributed by atoms with Crippen molar-refractivity contribution in [3.05, 3.63) is 65.9 Å². The van der Waals surface area contributed by atoms with E-state index in [9.17, 15) is 9.59 Å². The van der Waals surface area contributed by atoms with E-state index in [-0.39, 0.29) is 22.8 Å². The fourth-order valence-electron chi connectivity index (χ4n) is 2.44. The zero-order valence-corrected chi connectivity index (χ0v) is 16.3. The monoisotopic (exact) mass is 396 g/mol. The molecule has 0 saturated carbocycles. The van der Waals surface area contributed by atoms with Crippen molar-refractivity contribution in [3.8, 4) is 0 Å². The van der Waals surface area contributed by atoms with Crippen LogP contribution in [0.2, 0.25) is 0 Å². The van der Waals surface area contributed by atoms with Crippen LogP contribution in [-0.4, -0.2) is 23.6 Å². The van der Waals surface area contributed by atoms with E-state index in [0.29, 0.717) is 23.4 Å². The second-order valence-electron chi connectivity index (χ2n) is 6.63. The van der Waals surface area contributed by atoms with Gasteiger partial charge in [-0.15, -0.1) is 0 Å². The van der Waals surface area contributed by atoms with Gasteiger partial charge in [0.2, 0.25) is 0 Å². The molecule has 3 aromatic rings. The zero-order valence-electron chi connectivity index (χ0n) is 15.5. The minimum Gasteiger partial charge on any atom is -0.462 e. The molecule has 0 unspecified atom stereocenters. The maximum atomic E-state index is 12.3. The molecule has 0 aliphatic carbocycles. The second-order valence-corrected chi connectivity index (χ2v) is 7.03. The number of ether oxygens (including phenoxy) is 1. The van der Waals surface area contributed by atoms with Crippen LogP contribution in [0.15, 0.2) is 59.0 Å². The highest BCUT2D eigenvalue weighted by Gasteiger charge is 2.14. The average molecular weight is 396 g/mol. The van der Waals surface area contributed by atoms with E-state index in [1.165, 1.54) is 0 Å². The smallest absolute Gasteiger partial charge is 0.338 e. The maximum Gasteiger partial charge on any atom is 0.338 e. The van der Waals surface area contributed by atoms with E-state index >= 15 is 0 Å². The molecule has 3 rings (SSSR count). The summed E-state index contributed by atoms with van der Waals surface area (Å²) in [6.45, 7) is 4.32. The van der Waals surface area contributed by atoms with Gasteiger partial charge >= 0.3 is 5.97 Å². The van der Waals surface area contributed by atoms with E-state index in [4.69, 9.17) is 21.4 Å². The van der Waals surface area contributed by atoms with E-state index in [2.05, 4.69) is 10.6 Å². The van der Waals surface area contributed by atoms with E-state index in [0.717, 1.165) is 5.39 Å². The van der Waals surface area contributed by atoms with Gasteiger partial charge < -0.3 is 14.5 Å². The number of benzene rings is 2. The fraction of sp³-hybridized carbons (Fsp3) is 0.190. The number of anilines is 1. The molecule has 144 valence electrons. The third-order valence-electron chi connectivity index (χ3n) is 3.80. The number of esters is 1. The molecule has 7 heteroatoms. The number of carbonyl (C=O) groups is 2. The molecule has 0 bridgehead atoms. The molecule has 1 aromatic heterocycles. The Bertz CT molecular complexity index is 976. The second kappa shape index (κ2) is 8.67. The summed E-state index contributed by atoms with van der Waals surface area (Å²) in [6, 6.07) is 15.7. The van der Waals surface area contributed by atoms with Gasteiger partial charge in [0.25, 0.3) is 5.91 Å². The lowest BCUT2D eigenvalue weighted by Crippen LogP contribution is -2.33. The zero-order chi connectivity index (χ0) is 20.1. The van der Waals surface area contributed by atoms with Crippen molar-refractivity contribution >= 4 is 45.9 Å². The Hall–Kier alpha value is -3.19. The van der Waals surface area contributed by atoms with Gasteiger partial charge in [-0.2, -0.15) is 0 Å². The maximum absolute atomic E-state index is 12.3. The lowest BCUT2D eigenvalue weighted by molar-refractivity contribution is 0.0459. The van der Waals surface area contributed by atoms with Crippen LogP contribution >= 0.6 is 12.2 Å². The Morgan fingerprint density at radius 1 is 1.11 bits per heavy atom. The van der Waals surface area contributed by atoms with Crippen LogP contribution in [0, 0.1) is 5.92 Å². The Labute approximate surface area is 167 Å². The van der Waals surface area contributed by atoms with Gasteiger partial charge in [0, 0.05) is 11.1 Å². The number of furan rings is 1. The SMILES string of the molecule is CC(C)COC(=O)c1ccc(NC(=S)NC(=O)c2cc3ccccc3o2)cc1. The van der Waals surface area contributed by atoms with E-state index in [1.807, 2.05) is 32.0 Å². The molecular weight excluding hydrogens is 376 g/mol. The first-order chi connectivity index (χ1) is 13.4. The summed E-state index contributed by atoms with van der Waals surface area (Å²) in [6.07, 6.45) is 0. The molecule has 6 nitrogen and oxygen atoms in total. The summed E-state index contributed by atoms with van der Waals surface area (Å²) in [5, 5.41) is 6.44. The number of carbonyl (C=O) groups excluding carboxylic acids is 2. The Kier molecular flexibility index (Phi) is 6.06. The number of rotatable bonds is 5. The first-order valence-corrected chi connectivity index (χ1v) is 9.21. The number of hydrogen-bond acceptors (Lipinski definition) is 5. The van der Waals surface area contributed by atoms with Gasteiger partial charge in [-0.3, -0.25) is 10.1 Å². The standard InChI is InChI=1S/C21H20N2O4S/c1-13(2)12-26-20(25)14-7-9-16(10-8-14)22-21(28)23-19(24)18-11-15-5-3-4-6-17(15)27-18/h3-11,13H,12H2,1-2H3,(H2,22,23,24,28). The molecule has 1 amide bonds. The van der Waals surface area contributed by atoms with Crippen molar-refractivity contribution in [2.75, 3.05) is 11.9 Å². The molecule has 0 spiro atoms. The number of nitrogens with one attached hydrogen (secondary N) is 2. The van der Waals surface area contributed by atoms with Gasteiger partial charge in [-0.25, -0.2) is 4.79 Å². The average Bonchev–Trinajstić information content (AvgIpc) is 3.11. The van der Waals surface area contributed by atoms with Gasteiger partial charge in [-0.05, 0) is 54.5 Å². The molecule has 1 heterocycles. The summed E-state index contributed by atoms with van der Waals surface area (Å²) < 4.78 is 10.7. The predicted octanol–water partition coefficient (Wildman–Crippen LogP) is 4.37. The summed E-state index contributed by atoms with van der Waals surface area (Å²) in [7, 11) is 0. The number of fused-ring (bicyclic) bond motifs is 1. The summed E-state index contributed by atoms with van der Waals surface area (Å²) >= 11 is 5.17. The first-order valence-electron chi connectivity index (χ1n) is 8.80. The van der Waals surface area contributed by atoms with Crippen LogP contribution < -0.4 is 10.6 Å². The quantitative estimate of drug-likeness (QED) is 0.492. The topological polar surface area (TPSA) is 80.6 Å². The lowest BCUT2D eigenvalue weighted by atomic mass is 10.2. The van der Waals surface area contributed by atoms with Crippen molar-refractivity contribution in [1.29, 1.82) is 0 Å². The molecule has 28 heavy (non-hydrogen) atoms. The van der Waals surface area contributed by atoms with Crippen LogP contribution in [0.3, 0.4) is 0 Å². The highest BCUT2D eigenvalue weighted by molar-refractivity contribution is 7.80. The molecule has 2 aromatic carbocycles. The third kappa shape index (κ3) is 4.95. The Morgan fingerprint density at radius 2 is 1.82 bits per heavy atom. The molecule has 0 saturated heterocycles. The van der Waals surface area contributed by atoms with Gasteiger partial charge in [0.1, 0.15) is 5.58 Å². The van der Waals surface area contributed by atoms with Crippen molar-refractivity contribution in [1.82, 2.24) is 5.32 Å². The largest absolute Gasteiger partial charge is 0.462 e. The highest BCUT2D eigenvalue weighted by Crippen LogP contribution is 2.18. The molecule has 0 atom stereocenters. The molecular formula is C21H20N2O4S. The van der Waals surface area contributed by atoms with Crippen LogP contribution in [0.25, 0.3) is 11.0 Å². The van der Waals surface area contributed by atoms with Gasteiger partial charge in [0.05, 0.1) is 12.2 Å². The molecule has 0 aliphatic rings. The molecule has 0 aliphatic heterocycles. The van der Waals surface area contributed by atoms with Crippen LogP contribution in [0.5, 0.6) is 0 Å². The van der Waals surface area contributed by atoms with Crippen molar-refractivity contribution in [3.63, 3.8) is 0 Å². The van der Waals surface area contributed by atoms with Crippen molar-refractivity contribution in [2.45, 2.75) is 13.8 Å². The summed E-state index contributed by atoms with van der Waals surface area (Å²) in [5.74, 6) is -0.366. The minimum absolute atomic E-state index is 0.126. The Balaban J connectivity index is 1.56. The van der Waals surface area contributed by atoms with Crippen molar-refractivity contribution in [2.24, 2.45) is 5.92 Å². The van der Waals surface area contributed by atoms with Crippen LogP contribution in [0.4, 0.5) is 5.69 Å². The van der Waals surface area contributed by atoms with Crippen molar-refractivity contribution < 1.29 is 18.7 Å². The highest BCUT2D eigenvalue weighted by atomic mass is 32.1. The van der Waals surface area contributed by atoms with E-state index < -0.39 is 5.91 Å². The third-order valence-corrected chi connectivity index (χ3v) is 4.01. The number of thiocarbonyl (C=S) groups is 1. The number of para-hydroxylation sites is 1. The van der Waals surface area contributed by atoms with Gasteiger partial charge in [-0.1, -0.05) is 32.0 Å². The fourth-order valence-corrected chi connectivity index (χ4v) is 2.65. The van der Waals surface area contributed by atoms with Gasteiger partial charge in [0.15, 0.2) is 10.9 Å². The minimum atomic E-state index is -0.442. The number of hydrogen-bond donors (Lipinski definition) is 2. The Morgan fingerprint density at radius 3 is 2.50 bits per heavy atom. The normalized spacial score (nSPS) is 10.7. The van der Waals surface area contributed by atoms with Crippen LogP contribution in [-0.2, 0) is 4.74 Å². The van der Waals surface area contributed by atoms with E-state index in [1.54, 1.807) is 36.4 Å². The molecule has 0 fully saturated rings. The predicted molar refractivity (Wildman–Crippen MR) is 111 cm³/mol. The first kappa shape index (κ1) is 19.6. The lowest BCUT2D eigenvalue weighted by Gasteiger charge is -2.10. The molecule has 0 radical (unpaired) electrons.